The highest BCUT2D eigenvalue weighted by Crippen LogP contribution is 2.35. The number of esters is 1. The van der Waals surface area contributed by atoms with Gasteiger partial charge in [-0.25, -0.2) is 9.78 Å². The first-order chi connectivity index (χ1) is 14.7. The Bertz CT molecular complexity index is 1370. The first-order valence-electron chi connectivity index (χ1n) is 9.67. The normalized spacial score (nSPS) is 11.1. The van der Waals surface area contributed by atoms with Gasteiger partial charge in [0.15, 0.2) is 5.65 Å². The van der Waals surface area contributed by atoms with Crippen molar-refractivity contribution < 1.29 is 9.53 Å². The van der Waals surface area contributed by atoms with Crippen molar-refractivity contribution in [3.8, 4) is 11.3 Å². The van der Waals surface area contributed by atoms with Gasteiger partial charge < -0.3 is 15.0 Å². The van der Waals surface area contributed by atoms with Crippen LogP contribution >= 0.6 is 0 Å². The molecular weight excluding hydrogens is 378 g/mol. The van der Waals surface area contributed by atoms with Gasteiger partial charge in [-0.1, -0.05) is 24.3 Å². The number of para-hydroxylation sites is 1. The van der Waals surface area contributed by atoms with E-state index in [-0.39, 0.29) is 5.97 Å². The number of ether oxygens (including phenoxy) is 1. The van der Waals surface area contributed by atoms with E-state index in [4.69, 9.17) is 9.72 Å². The summed E-state index contributed by atoms with van der Waals surface area (Å²) in [5, 5.41) is 4.52. The molecule has 3 aromatic heterocycles. The minimum Gasteiger partial charge on any atom is -0.462 e. The fraction of sp³-hybridized carbons (Fsp3) is 0.0870. The van der Waals surface area contributed by atoms with E-state index >= 15 is 0 Å². The van der Waals surface area contributed by atoms with Crippen molar-refractivity contribution in [3.63, 3.8) is 0 Å². The Kier molecular flexibility index (Phi) is 4.40. The number of carbonyl (C=O) groups is 1. The van der Waals surface area contributed by atoms with Crippen molar-refractivity contribution in [3.05, 3.63) is 78.9 Å². The van der Waals surface area contributed by atoms with Gasteiger partial charge in [0, 0.05) is 40.7 Å². The number of fused-ring (bicyclic) bond motifs is 2. The molecule has 0 amide bonds. The number of H-pyrrole nitrogens is 1. The van der Waals surface area contributed by atoms with Gasteiger partial charge in [-0.05, 0) is 31.2 Å². The molecule has 3 heterocycles. The highest BCUT2D eigenvalue weighted by Gasteiger charge is 2.18. The summed E-state index contributed by atoms with van der Waals surface area (Å²) in [7, 11) is 0. The third kappa shape index (κ3) is 3.06. The Hall–Kier alpha value is -4.13. The number of rotatable bonds is 5. The van der Waals surface area contributed by atoms with Gasteiger partial charge in [-0.3, -0.25) is 9.38 Å². The Morgan fingerprint density at radius 1 is 1.20 bits per heavy atom. The van der Waals surface area contributed by atoms with Crippen molar-refractivity contribution in [2.45, 2.75) is 6.92 Å². The molecule has 5 rings (SSSR count). The monoisotopic (exact) mass is 397 g/mol. The molecule has 2 N–H and O–H groups in total. The van der Waals surface area contributed by atoms with Crippen LogP contribution in [0.3, 0.4) is 0 Å². The minimum atomic E-state index is -0.347. The number of hydrogen-bond donors (Lipinski definition) is 2. The standard InChI is InChI=1S/C23H19N5O2/c1-2-30-23(29)15-6-5-7-16(12-15)26-22-21(27-20-14-24-10-11-28(20)22)18-13-25-19-9-4-3-8-17(18)19/h3-14,25-26H,2H2,1H3. The zero-order chi connectivity index (χ0) is 20.5. The molecule has 0 atom stereocenters. The number of aromatic nitrogens is 4. The van der Waals surface area contributed by atoms with E-state index in [1.54, 1.807) is 31.5 Å². The summed E-state index contributed by atoms with van der Waals surface area (Å²) >= 11 is 0. The van der Waals surface area contributed by atoms with Gasteiger partial charge in [0.05, 0.1) is 18.4 Å². The van der Waals surface area contributed by atoms with E-state index in [2.05, 4.69) is 21.4 Å². The lowest BCUT2D eigenvalue weighted by atomic mass is 10.1. The molecule has 0 radical (unpaired) electrons. The summed E-state index contributed by atoms with van der Waals surface area (Å²) in [5.74, 6) is 0.443. The lowest BCUT2D eigenvalue weighted by Crippen LogP contribution is -2.05. The first kappa shape index (κ1) is 17.9. The van der Waals surface area contributed by atoms with E-state index < -0.39 is 0 Å². The van der Waals surface area contributed by atoms with Gasteiger partial charge in [0.2, 0.25) is 0 Å². The summed E-state index contributed by atoms with van der Waals surface area (Å²) in [4.78, 5) is 24.4. The SMILES string of the molecule is CCOC(=O)c1cccc(Nc2c(-c3c[nH]c4ccccc34)nc3cnccn23)c1. The van der Waals surface area contributed by atoms with Crippen LogP contribution in [0.15, 0.2) is 73.3 Å². The molecule has 0 fully saturated rings. The molecule has 0 aliphatic carbocycles. The molecule has 5 aromatic rings. The smallest absolute Gasteiger partial charge is 0.338 e. The summed E-state index contributed by atoms with van der Waals surface area (Å²) in [6.45, 7) is 2.13. The summed E-state index contributed by atoms with van der Waals surface area (Å²) in [6.07, 6.45) is 7.25. The molecule has 0 bridgehead atoms. The van der Waals surface area contributed by atoms with E-state index in [1.807, 2.05) is 47.1 Å². The van der Waals surface area contributed by atoms with Gasteiger partial charge in [0.1, 0.15) is 11.5 Å². The molecule has 7 heteroatoms. The summed E-state index contributed by atoms with van der Waals surface area (Å²) in [5.41, 5.74) is 4.80. The molecule has 2 aromatic carbocycles. The van der Waals surface area contributed by atoms with Crippen molar-refractivity contribution in [1.82, 2.24) is 19.4 Å². The van der Waals surface area contributed by atoms with Crippen molar-refractivity contribution >= 4 is 34.0 Å². The lowest BCUT2D eigenvalue weighted by molar-refractivity contribution is 0.0526. The van der Waals surface area contributed by atoms with Crippen LogP contribution < -0.4 is 5.32 Å². The number of nitrogens with one attached hydrogen (secondary N) is 2. The zero-order valence-corrected chi connectivity index (χ0v) is 16.3. The van der Waals surface area contributed by atoms with Crippen molar-refractivity contribution in [1.29, 1.82) is 0 Å². The van der Waals surface area contributed by atoms with E-state index in [0.29, 0.717) is 12.2 Å². The fourth-order valence-electron chi connectivity index (χ4n) is 3.56. The molecule has 0 aliphatic heterocycles. The predicted octanol–water partition coefficient (Wildman–Crippen LogP) is 4.80. The van der Waals surface area contributed by atoms with Crippen LogP contribution in [0.5, 0.6) is 0 Å². The number of carbonyl (C=O) groups excluding carboxylic acids is 1. The first-order valence-corrected chi connectivity index (χ1v) is 9.67. The number of aromatic amines is 1. The highest BCUT2D eigenvalue weighted by atomic mass is 16.5. The Morgan fingerprint density at radius 3 is 3.00 bits per heavy atom. The summed E-state index contributed by atoms with van der Waals surface area (Å²) in [6, 6.07) is 15.3. The number of benzene rings is 2. The van der Waals surface area contributed by atoms with Gasteiger partial charge in [0.25, 0.3) is 0 Å². The fourth-order valence-corrected chi connectivity index (χ4v) is 3.56. The topological polar surface area (TPSA) is 84.3 Å². The Balaban J connectivity index is 1.64. The molecule has 0 unspecified atom stereocenters. The molecular formula is C23H19N5O2. The molecule has 7 nitrogen and oxygen atoms in total. The lowest BCUT2D eigenvalue weighted by Gasteiger charge is -2.10. The second-order valence-electron chi connectivity index (χ2n) is 6.79. The molecule has 30 heavy (non-hydrogen) atoms. The largest absolute Gasteiger partial charge is 0.462 e. The number of anilines is 2. The molecule has 148 valence electrons. The average molecular weight is 397 g/mol. The van der Waals surface area contributed by atoms with E-state index in [0.717, 1.165) is 39.3 Å². The third-order valence-electron chi connectivity index (χ3n) is 4.91. The van der Waals surface area contributed by atoms with Crippen LogP contribution in [0, 0.1) is 0 Å². The second-order valence-corrected chi connectivity index (χ2v) is 6.79. The average Bonchev–Trinajstić information content (AvgIpc) is 3.36. The predicted molar refractivity (Wildman–Crippen MR) is 116 cm³/mol. The maximum absolute atomic E-state index is 12.1. The number of nitrogens with zero attached hydrogens (tertiary/aromatic N) is 3. The van der Waals surface area contributed by atoms with Crippen LogP contribution in [0.25, 0.3) is 27.8 Å². The third-order valence-corrected chi connectivity index (χ3v) is 4.91. The van der Waals surface area contributed by atoms with Crippen molar-refractivity contribution in [2.24, 2.45) is 0 Å². The molecule has 0 spiro atoms. The number of imidazole rings is 1. The summed E-state index contributed by atoms with van der Waals surface area (Å²) < 4.78 is 7.07. The quantitative estimate of drug-likeness (QED) is 0.416. The molecule has 0 saturated carbocycles. The van der Waals surface area contributed by atoms with Crippen LogP contribution in [0.2, 0.25) is 0 Å². The van der Waals surface area contributed by atoms with Crippen LogP contribution in [0.4, 0.5) is 11.5 Å². The minimum absolute atomic E-state index is 0.335. The Labute approximate surface area is 172 Å². The van der Waals surface area contributed by atoms with Crippen LogP contribution in [0.1, 0.15) is 17.3 Å². The molecule has 0 saturated heterocycles. The second kappa shape index (κ2) is 7.36. The van der Waals surface area contributed by atoms with E-state index in [1.165, 1.54) is 0 Å². The Morgan fingerprint density at radius 2 is 2.10 bits per heavy atom. The molecule has 0 aliphatic rings. The number of hydrogen-bond acceptors (Lipinski definition) is 5. The highest BCUT2D eigenvalue weighted by molar-refractivity contribution is 5.98. The van der Waals surface area contributed by atoms with Crippen molar-refractivity contribution in [2.75, 3.05) is 11.9 Å². The van der Waals surface area contributed by atoms with Crippen LogP contribution in [-0.4, -0.2) is 31.9 Å². The van der Waals surface area contributed by atoms with E-state index in [9.17, 15) is 4.79 Å². The van der Waals surface area contributed by atoms with Gasteiger partial charge >= 0.3 is 5.97 Å². The van der Waals surface area contributed by atoms with Crippen LogP contribution in [-0.2, 0) is 4.74 Å². The maximum atomic E-state index is 12.1. The van der Waals surface area contributed by atoms with Gasteiger partial charge in [-0.15, -0.1) is 0 Å². The maximum Gasteiger partial charge on any atom is 0.338 e. The zero-order valence-electron chi connectivity index (χ0n) is 16.3. The van der Waals surface area contributed by atoms with Gasteiger partial charge in [-0.2, -0.15) is 0 Å².